The summed E-state index contributed by atoms with van der Waals surface area (Å²) in [6, 6.07) is 9.01. The molecule has 0 bridgehead atoms. The number of hydrogen-bond donors (Lipinski definition) is 2. The van der Waals surface area contributed by atoms with Crippen LogP contribution in [0.2, 0.25) is 0 Å². The average molecular weight is 234 g/mol. The molecule has 0 aliphatic carbocycles. The van der Waals surface area contributed by atoms with E-state index in [4.69, 9.17) is 10.5 Å². The summed E-state index contributed by atoms with van der Waals surface area (Å²) in [5, 5.41) is 2.69. The Bertz CT molecular complexity index is 421. The van der Waals surface area contributed by atoms with Crippen LogP contribution in [-0.4, -0.2) is 42.7 Å². The van der Waals surface area contributed by atoms with E-state index >= 15 is 0 Å². The Morgan fingerprint density at radius 3 is 2.53 bits per heavy atom. The van der Waals surface area contributed by atoms with E-state index in [2.05, 4.69) is 5.32 Å². The Morgan fingerprint density at radius 1 is 1.24 bits per heavy atom. The molecule has 0 radical (unpaired) electrons. The largest absolute Gasteiger partial charge is 0.375 e. The summed E-state index contributed by atoms with van der Waals surface area (Å²) in [7, 11) is 0. The van der Waals surface area contributed by atoms with Gasteiger partial charge in [-0.15, -0.1) is 0 Å². The third-order valence-corrected chi connectivity index (χ3v) is 2.63. The Hall–Kier alpha value is -1.88. The van der Waals surface area contributed by atoms with Crippen LogP contribution in [0.3, 0.4) is 0 Å². The monoisotopic (exact) mass is 234 g/mol. The standard InChI is InChI=1S/C12H15N3O2/c13-12(15-6-8-17-9-7-15)14-11(16)10-4-2-1-3-5-10/h1-5H,6-9H2,(H2,13,14,16)/p+1. The van der Waals surface area contributed by atoms with E-state index in [1.807, 2.05) is 22.8 Å². The smallest absolute Gasteiger partial charge is 0.351 e. The summed E-state index contributed by atoms with van der Waals surface area (Å²) in [5.74, 6) is 0.205. The number of guanidine groups is 1. The summed E-state index contributed by atoms with van der Waals surface area (Å²) >= 11 is 0. The maximum atomic E-state index is 11.8. The second kappa shape index (κ2) is 5.45. The Labute approximate surface area is 99.9 Å². The van der Waals surface area contributed by atoms with Gasteiger partial charge in [-0.1, -0.05) is 18.2 Å². The van der Waals surface area contributed by atoms with Crippen LogP contribution in [-0.2, 0) is 4.74 Å². The Morgan fingerprint density at radius 2 is 1.88 bits per heavy atom. The SMILES string of the molecule is NC(NC(=O)c1ccccc1)=[N+]1CCOCC1. The van der Waals surface area contributed by atoms with Gasteiger partial charge in [0.25, 0.3) is 0 Å². The van der Waals surface area contributed by atoms with E-state index in [0.717, 1.165) is 0 Å². The van der Waals surface area contributed by atoms with Gasteiger partial charge in [0.1, 0.15) is 0 Å². The number of carbonyl (C=O) groups is 1. The summed E-state index contributed by atoms with van der Waals surface area (Å²) < 4.78 is 7.12. The molecule has 0 saturated carbocycles. The third kappa shape index (κ3) is 3.04. The zero-order valence-electron chi connectivity index (χ0n) is 9.56. The normalized spacial score (nSPS) is 15.4. The molecule has 1 aromatic rings. The molecule has 1 heterocycles. The van der Waals surface area contributed by atoms with Gasteiger partial charge in [0.2, 0.25) is 0 Å². The summed E-state index contributed by atoms with van der Waals surface area (Å²) in [6.07, 6.45) is 0. The fraction of sp³-hybridized carbons (Fsp3) is 0.333. The number of nitrogens with zero attached hydrogens (tertiary/aromatic N) is 1. The lowest BCUT2D eigenvalue weighted by Gasteiger charge is -2.16. The van der Waals surface area contributed by atoms with Crippen molar-refractivity contribution in [2.45, 2.75) is 0 Å². The van der Waals surface area contributed by atoms with Crippen molar-refractivity contribution in [2.24, 2.45) is 5.73 Å². The lowest BCUT2D eigenvalue weighted by Crippen LogP contribution is -2.47. The van der Waals surface area contributed by atoms with E-state index in [9.17, 15) is 4.79 Å². The molecule has 5 nitrogen and oxygen atoms in total. The van der Waals surface area contributed by atoms with E-state index in [-0.39, 0.29) is 5.91 Å². The lowest BCUT2D eigenvalue weighted by molar-refractivity contribution is -0.551. The number of rotatable bonds is 1. The first-order valence-corrected chi connectivity index (χ1v) is 5.59. The van der Waals surface area contributed by atoms with Crippen molar-refractivity contribution in [2.75, 3.05) is 26.3 Å². The van der Waals surface area contributed by atoms with Crippen molar-refractivity contribution in [1.29, 1.82) is 0 Å². The van der Waals surface area contributed by atoms with Gasteiger partial charge < -0.3 is 4.74 Å². The molecule has 1 aromatic carbocycles. The maximum absolute atomic E-state index is 11.8. The molecular formula is C12H16N3O2+. The molecule has 0 unspecified atom stereocenters. The molecule has 17 heavy (non-hydrogen) atoms. The minimum atomic E-state index is -0.186. The van der Waals surface area contributed by atoms with Crippen LogP contribution in [0.5, 0.6) is 0 Å². The molecular weight excluding hydrogens is 218 g/mol. The highest BCUT2D eigenvalue weighted by Gasteiger charge is 2.16. The molecule has 0 spiro atoms. The zero-order chi connectivity index (χ0) is 12.1. The van der Waals surface area contributed by atoms with Crippen LogP contribution in [0.25, 0.3) is 0 Å². The fourth-order valence-corrected chi connectivity index (χ4v) is 1.66. The molecule has 1 aliphatic heterocycles. The molecule has 1 amide bonds. The lowest BCUT2D eigenvalue weighted by atomic mass is 10.2. The number of carbonyl (C=O) groups excluding carboxylic acids is 1. The number of amides is 1. The van der Waals surface area contributed by atoms with Crippen molar-refractivity contribution >= 4 is 11.9 Å². The first-order chi connectivity index (χ1) is 8.27. The summed E-state index contributed by atoms with van der Waals surface area (Å²) in [5.41, 5.74) is 6.44. The second-order valence-electron chi connectivity index (χ2n) is 3.80. The van der Waals surface area contributed by atoms with Gasteiger partial charge in [0, 0.05) is 0 Å². The van der Waals surface area contributed by atoms with Crippen molar-refractivity contribution in [3.8, 4) is 0 Å². The number of nitrogens with two attached hydrogens (primary N) is 1. The van der Waals surface area contributed by atoms with Crippen LogP contribution in [0.15, 0.2) is 30.3 Å². The van der Waals surface area contributed by atoms with Gasteiger partial charge in [0.05, 0.1) is 31.9 Å². The molecule has 1 aliphatic rings. The molecule has 0 atom stereocenters. The topological polar surface area (TPSA) is 67.4 Å². The number of morpholine rings is 1. The highest BCUT2D eigenvalue weighted by atomic mass is 16.5. The number of ether oxygens (including phenoxy) is 1. The van der Waals surface area contributed by atoms with Crippen LogP contribution in [0.1, 0.15) is 10.4 Å². The second-order valence-corrected chi connectivity index (χ2v) is 3.80. The number of benzene rings is 1. The molecule has 2 rings (SSSR count). The predicted molar refractivity (Wildman–Crippen MR) is 63.9 cm³/mol. The number of nitrogens with one attached hydrogen (secondary N) is 1. The van der Waals surface area contributed by atoms with Crippen molar-refractivity contribution < 1.29 is 14.1 Å². The fourth-order valence-electron chi connectivity index (χ4n) is 1.66. The third-order valence-electron chi connectivity index (χ3n) is 2.63. The summed E-state index contributed by atoms with van der Waals surface area (Å²) in [4.78, 5) is 11.8. The Kier molecular flexibility index (Phi) is 3.72. The predicted octanol–water partition coefficient (Wildman–Crippen LogP) is -0.226. The van der Waals surface area contributed by atoms with Crippen molar-refractivity contribution in [3.63, 3.8) is 0 Å². The first-order valence-electron chi connectivity index (χ1n) is 5.59. The minimum Gasteiger partial charge on any atom is -0.375 e. The van der Waals surface area contributed by atoms with Crippen LogP contribution in [0.4, 0.5) is 0 Å². The van der Waals surface area contributed by atoms with Gasteiger partial charge in [-0.25, -0.2) is 5.32 Å². The van der Waals surface area contributed by atoms with Gasteiger partial charge in [-0.3, -0.25) is 15.1 Å². The van der Waals surface area contributed by atoms with E-state index < -0.39 is 0 Å². The van der Waals surface area contributed by atoms with E-state index in [1.165, 1.54) is 0 Å². The van der Waals surface area contributed by atoms with Crippen molar-refractivity contribution in [3.05, 3.63) is 35.9 Å². The highest BCUT2D eigenvalue weighted by Crippen LogP contribution is 1.97. The molecule has 0 aromatic heterocycles. The van der Waals surface area contributed by atoms with Gasteiger partial charge in [0.15, 0.2) is 0 Å². The Balaban J connectivity index is 2.03. The quantitative estimate of drug-likeness (QED) is 0.521. The zero-order valence-corrected chi connectivity index (χ0v) is 9.56. The highest BCUT2D eigenvalue weighted by molar-refractivity contribution is 6.03. The average Bonchev–Trinajstić information content (AvgIpc) is 2.40. The van der Waals surface area contributed by atoms with E-state index in [1.54, 1.807) is 12.1 Å². The number of hydrogen-bond acceptors (Lipinski definition) is 2. The van der Waals surface area contributed by atoms with Crippen molar-refractivity contribution in [1.82, 2.24) is 5.32 Å². The van der Waals surface area contributed by atoms with Crippen LogP contribution in [0, 0.1) is 0 Å². The minimum absolute atomic E-state index is 0.186. The first kappa shape index (κ1) is 11.6. The molecule has 90 valence electrons. The van der Waals surface area contributed by atoms with Gasteiger partial charge >= 0.3 is 11.9 Å². The molecule has 1 fully saturated rings. The molecule has 3 N–H and O–H groups in total. The van der Waals surface area contributed by atoms with Crippen LogP contribution >= 0.6 is 0 Å². The summed E-state index contributed by atoms with van der Waals surface area (Å²) in [6.45, 7) is 2.70. The molecule has 1 saturated heterocycles. The maximum Gasteiger partial charge on any atom is 0.351 e. The van der Waals surface area contributed by atoms with Gasteiger partial charge in [-0.2, -0.15) is 0 Å². The van der Waals surface area contributed by atoms with Crippen LogP contribution < -0.4 is 11.1 Å². The van der Waals surface area contributed by atoms with Gasteiger partial charge in [-0.05, 0) is 12.1 Å². The molecule has 5 heteroatoms. The van der Waals surface area contributed by atoms with E-state index in [0.29, 0.717) is 37.8 Å².